The summed E-state index contributed by atoms with van der Waals surface area (Å²) in [6.45, 7) is 7.65. The number of alkyl halides is 3. The first-order valence-corrected chi connectivity index (χ1v) is 6.61. The van der Waals surface area contributed by atoms with Crippen LogP contribution in [-0.4, -0.2) is 12.3 Å². The van der Waals surface area contributed by atoms with Gasteiger partial charge >= 0.3 is 6.36 Å². The first kappa shape index (κ1) is 17.3. The first-order valence-electron chi connectivity index (χ1n) is 6.61. The van der Waals surface area contributed by atoms with Crippen molar-refractivity contribution in [3.63, 3.8) is 0 Å². The molecule has 21 heavy (non-hydrogen) atoms. The van der Waals surface area contributed by atoms with Crippen LogP contribution in [0.15, 0.2) is 24.3 Å². The highest BCUT2D eigenvalue weighted by Gasteiger charge is 2.31. The summed E-state index contributed by atoms with van der Waals surface area (Å²) in [7, 11) is 0. The lowest BCUT2D eigenvalue weighted by atomic mass is 9.91. The molecular weight excluding hydrogens is 283 g/mol. The molecule has 0 saturated heterocycles. The van der Waals surface area contributed by atoms with Gasteiger partial charge in [0.05, 0.1) is 6.04 Å². The van der Waals surface area contributed by atoms with Crippen molar-refractivity contribution >= 4 is 5.91 Å². The van der Waals surface area contributed by atoms with Gasteiger partial charge in [0, 0.05) is 6.42 Å². The van der Waals surface area contributed by atoms with Crippen LogP contribution in [0.1, 0.15) is 45.7 Å². The van der Waals surface area contributed by atoms with Gasteiger partial charge in [-0.15, -0.1) is 13.2 Å². The highest BCUT2D eigenvalue weighted by atomic mass is 19.4. The molecule has 6 heteroatoms. The molecule has 0 fully saturated rings. The molecule has 1 unspecified atom stereocenters. The van der Waals surface area contributed by atoms with E-state index in [-0.39, 0.29) is 23.1 Å². The second-order valence-corrected chi connectivity index (χ2v) is 6.14. The Morgan fingerprint density at radius 2 is 1.71 bits per heavy atom. The lowest BCUT2D eigenvalue weighted by Crippen LogP contribution is -2.29. The van der Waals surface area contributed by atoms with E-state index >= 15 is 0 Å². The molecule has 1 aromatic rings. The number of nitrogens with one attached hydrogen (secondary N) is 1. The number of rotatable bonds is 4. The molecule has 1 N–H and O–H groups in total. The van der Waals surface area contributed by atoms with Crippen LogP contribution >= 0.6 is 0 Å². The largest absolute Gasteiger partial charge is 0.573 e. The third-order valence-electron chi connectivity index (χ3n) is 2.68. The van der Waals surface area contributed by atoms with Gasteiger partial charge in [-0.05, 0) is 30.0 Å². The summed E-state index contributed by atoms with van der Waals surface area (Å²) in [6, 6.07) is 5.19. The average molecular weight is 303 g/mol. The zero-order valence-corrected chi connectivity index (χ0v) is 12.5. The molecule has 0 heterocycles. The van der Waals surface area contributed by atoms with Crippen molar-refractivity contribution in [3.05, 3.63) is 29.8 Å². The Bertz CT molecular complexity index is 475. The molecule has 0 saturated carbocycles. The molecule has 1 atom stereocenters. The Morgan fingerprint density at radius 3 is 2.14 bits per heavy atom. The highest BCUT2D eigenvalue weighted by Crippen LogP contribution is 2.25. The number of amides is 1. The van der Waals surface area contributed by atoms with Crippen LogP contribution in [0, 0.1) is 5.41 Å². The second-order valence-electron chi connectivity index (χ2n) is 6.14. The Kier molecular flexibility index (Phi) is 5.25. The van der Waals surface area contributed by atoms with E-state index in [1.807, 2.05) is 20.8 Å². The molecule has 0 aliphatic rings. The lowest BCUT2D eigenvalue weighted by Gasteiger charge is -2.20. The van der Waals surface area contributed by atoms with Crippen molar-refractivity contribution in [2.75, 3.05) is 0 Å². The van der Waals surface area contributed by atoms with Crippen LogP contribution in [0.3, 0.4) is 0 Å². The van der Waals surface area contributed by atoms with Crippen molar-refractivity contribution < 1.29 is 22.7 Å². The summed E-state index contributed by atoms with van der Waals surface area (Å²) in [4.78, 5) is 11.8. The average Bonchev–Trinajstić information content (AvgIpc) is 2.24. The van der Waals surface area contributed by atoms with E-state index in [9.17, 15) is 18.0 Å². The topological polar surface area (TPSA) is 38.3 Å². The molecule has 0 radical (unpaired) electrons. The van der Waals surface area contributed by atoms with Gasteiger partial charge in [0.2, 0.25) is 5.91 Å². The van der Waals surface area contributed by atoms with E-state index in [0.29, 0.717) is 12.0 Å². The summed E-state index contributed by atoms with van der Waals surface area (Å²) in [5.74, 6) is -0.370. The van der Waals surface area contributed by atoms with Crippen LogP contribution in [0.25, 0.3) is 0 Å². The maximum Gasteiger partial charge on any atom is 0.573 e. The SMILES string of the molecule is CC(NC(=O)CC(C)(C)C)c1ccc(OC(F)(F)F)cc1. The fraction of sp³-hybridized carbons (Fsp3) is 0.533. The molecule has 0 aliphatic carbocycles. The summed E-state index contributed by atoms with van der Waals surface area (Å²) in [5, 5.41) is 2.82. The van der Waals surface area contributed by atoms with E-state index in [2.05, 4.69) is 10.1 Å². The third kappa shape index (κ3) is 7.02. The summed E-state index contributed by atoms with van der Waals surface area (Å²) in [5.41, 5.74) is 0.598. The van der Waals surface area contributed by atoms with Crippen LogP contribution in [-0.2, 0) is 4.79 Å². The zero-order chi connectivity index (χ0) is 16.3. The van der Waals surface area contributed by atoms with Gasteiger partial charge in [0.25, 0.3) is 0 Å². The van der Waals surface area contributed by atoms with Gasteiger partial charge < -0.3 is 10.1 Å². The van der Waals surface area contributed by atoms with E-state index in [4.69, 9.17) is 0 Å². The number of carbonyl (C=O) groups excluding carboxylic acids is 1. The van der Waals surface area contributed by atoms with Gasteiger partial charge in [-0.25, -0.2) is 0 Å². The molecule has 118 valence electrons. The number of ether oxygens (including phenoxy) is 1. The minimum absolute atomic E-state index is 0.0920. The molecule has 0 aliphatic heterocycles. The molecular formula is C15H20F3NO2. The molecule has 0 spiro atoms. The van der Waals surface area contributed by atoms with Gasteiger partial charge in [-0.3, -0.25) is 4.79 Å². The van der Waals surface area contributed by atoms with E-state index in [1.54, 1.807) is 6.92 Å². The molecule has 0 aromatic heterocycles. The number of carbonyl (C=O) groups is 1. The van der Waals surface area contributed by atoms with Crippen LogP contribution < -0.4 is 10.1 Å². The third-order valence-corrected chi connectivity index (χ3v) is 2.68. The number of benzene rings is 1. The van der Waals surface area contributed by atoms with Crippen molar-refractivity contribution in [1.29, 1.82) is 0 Å². The Hall–Kier alpha value is -1.72. The molecule has 1 rings (SSSR count). The summed E-state index contributed by atoms with van der Waals surface area (Å²) < 4.78 is 39.9. The van der Waals surface area contributed by atoms with Crippen LogP contribution in [0.2, 0.25) is 0 Å². The predicted molar refractivity (Wildman–Crippen MR) is 73.8 cm³/mol. The van der Waals surface area contributed by atoms with Crippen LogP contribution in [0.4, 0.5) is 13.2 Å². The van der Waals surface area contributed by atoms with Crippen molar-refractivity contribution in [1.82, 2.24) is 5.32 Å². The minimum atomic E-state index is -4.70. The normalized spacial score (nSPS) is 13.7. The molecule has 0 bridgehead atoms. The molecule has 1 aromatic carbocycles. The summed E-state index contributed by atoms with van der Waals surface area (Å²) in [6.07, 6.45) is -4.32. The zero-order valence-electron chi connectivity index (χ0n) is 12.5. The summed E-state index contributed by atoms with van der Waals surface area (Å²) >= 11 is 0. The first-order chi connectivity index (χ1) is 9.46. The Balaban J connectivity index is 2.63. The van der Waals surface area contributed by atoms with Gasteiger partial charge in [0.1, 0.15) is 5.75 Å². The van der Waals surface area contributed by atoms with Crippen molar-refractivity contribution in [2.45, 2.75) is 46.5 Å². The lowest BCUT2D eigenvalue weighted by molar-refractivity contribution is -0.274. The maximum absolute atomic E-state index is 12.1. The Morgan fingerprint density at radius 1 is 1.19 bits per heavy atom. The van der Waals surface area contributed by atoms with Crippen LogP contribution in [0.5, 0.6) is 5.75 Å². The highest BCUT2D eigenvalue weighted by molar-refractivity contribution is 5.77. The second kappa shape index (κ2) is 6.37. The fourth-order valence-electron chi connectivity index (χ4n) is 1.82. The minimum Gasteiger partial charge on any atom is -0.406 e. The number of hydrogen-bond acceptors (Lipinski definition) is 2. The van der Waals surface area contributed by atoms with Gasteiger partial charge in [-0.2, -0.15) is 0 Å². The molecule has 3 nitrogen and oxygen atoms in total. The number of hydrogen-bond donors (Lipinski definition) is 1. The van der Waals surface area contributed by atoms with E-state index in [1.165, 1.54) is 24.3 Å². The Labute approximate surface area is 122 Å². The predicted octanol–water partition coefficient (Wildman–Crippen LogP) is 4.20. The van der Waals surface area contributed by atoms with Crippen molar-refractivity contribution in [2.24, 2.45) is 5.41 Å². The smallest absolute Gasteiger partial charge is 0.406 e. The molecule has 1 amide bonds. The maximum atomic E-state index is 12.1. The van der Waals surface area contributed by atoms with Gasteiger partial charge in [-0.1, -0.05) is 32.9 Å². The quantitative estimate of drug-likeness (QED) is 0.905. The van der Waals surface area contributed by atoms with E-state index in [0.717, 1.165) is 0 Å². The number of halogens is 3. The van der Waals surface area contributed by atoms with E-state index < -0.39 is 6.36 Å². The van der Waals surface area contributed by atoms with Crippen molar-refractivity contribution in [3.8, 4) is 5.75 Å². The monoisotopic (exact) mass is 303 g/mol. The van der Waals surface area contributed by atoms with Gasteiger partial charge in [0.15, 0.2) is 0 Å². The fourth-order valence-corrected chi connectivity index (χ4v) is 1.82. The standard InChI is InChI=1S/C15H20F3NO2/c1-10(19-13(20)9-14(2,3)4)11-5-7-12(8-6-11)21-15(16,17)18/h5-8,10H,9H2,1-4H3,(H,19,20).